The average molecular weight is 314 g/mol. The van der Waals surface area contributed by atoms with Crippen molar-refractivity contribution in [1.29, 1.82) is 0 Å². The SMILES string of the molecule is Cc1cc(C(N)Cc2nc(-c3ccccc3)cs2)sc1C. The van der Waals surface area contributed by atoms with Gasteiger partial charge in [0.1, 0.15) is 0 Å². The molecule has 1 unspecified atom stereocenters. The number of thiophene rings is 1. The quantitative estimate of drug-likeness (QED) is 0.756. The van der Waals surface area contributed by atoms with E-state index in [-0.39, 0.29) is 6.04 Å². The number of hydrogen-bond donors (Lipinski definition) is 1. The smallest absolute Gasteiger partial charge is 0.0951 e. The van der Waals surface area contributed by atoms with Crippen molar-refractivity contribution >= 4 is 22.7 Å². The van der Waals surface area contributed by atoms with Gasteiger partial charge in [-0.1, -0.05) is 30.3 Å². The van der Waals surface area contributed by atoms with Gasteiger partial charge >= 0.3 is 0 Å². The Morgan fingerprint density at radius 1 is 1.19 bits per heavy atom. The maximum absolute atomic E-state index is 6.33. The second-order valence-electron chi connectivity index (χ2n) is 5.19. The molecule has 0 fully saturated rings. The highest BCUT2D eigenvalue weighted by molar-refractivity contribution is 7.12. The topological polar surface area (TPSA) is 38.9 Å². The first-order chi connectivity index (χ1) is 10.1. The van der Waals surface area contributed by atoms with Crippen molar-refractivity contribution in [3.05, 3.63) is 62.1 Å². The molecule has 2 heterocycles. The minimum absolute atomic E-state index is 0.0390. The van der Waals surface area contributed by atoms with E-state index in [0.717, 1.165) is 22.7 Å². The number of rotatable bonds is 4. The van der Waals surface area contributed by atoms with E-state index in [2.05, 4.69) is 37.4 Å². The van der Waals surface area contributed by atoms with Crippen LogP contribution < -0.4 is 5.73 Å². The summed E-state index contributed by atoms with van der Waals surface area (Å²) < 4.78 is 0. The van der Waals surface area contributed by atoms with E-state index in [1.807, 2.05) is 18.2 Å². The van der Waals surface area contributed by atoms with E-state index in [1.165, 1.54) is 15.3 Å². The van der Waals surface area contributed by atoms with Crippen LogP contribution in [0, 0.1) is 13.8 Å². The van der Waals surface area contributed by atoms with Crippen molar-refractivity contribution in [3.63, 3.8) is 0 Å². The molecule has 0 aliphatic carbocycles. The molecule has 21 heavy (non-hydrogen) atoms. The van der Waals surface area contributed by atoms with Crippen LogP contribution in [0.1, 0.15) is 26.4 Å². The average Bonchev–Trinajstić information content (AvgIpc) is 3.08. The fourth-order valence-corrected chi connectivity index (χ4v) is 4.13. The highest BCUT2D eigenvalue weighted by Crippen LogP contribution is 2.29. The molecule has 0 bridgehead atoms. The molecule has 108 valence electrons. The molecule has 1 aromatic carbocycles. The summed E-state index contributed by atoms with van der Waals surface area (Å²) in [6.07, 6.45) is 0.802. The lowest BCUT2D eigenvalue weighted by Crippen LogP contribution is -2.11. The lowest BCUT2D eigenvalue weighted by Gasteiger charge is -2.06. The summed E-state index contributed by atoms with van der Waals surface area (Å²) in [4.78, 5) is 7.32. The molecule has 0 saturated carbocycles. The molecule has 0 spiro atoms. The molecule has 0 radical (unpaired) electrons. The molecule has 2 N–H and O–H groups in total. The Bertz CT molecular complexity index is 709. The van der Waals surface area contributed by atoms with E-state index in [1.54, 1.807) is 22.7 Å². The molecule has 2 nitrogen and oxygen atoms in total. The van der Waals surface area contributed by atoms with Crippen LogP contribution in [0.25, 0.3) is 11.3 Å². The van der Waals surface area contributed by atoms with E-state index in [0.29, 0.717) is 0 Å². The predicted octanol–water partition coefficient (Wildman–Crippen LogP) is 4.73. The van der Waals surface area contributed by atoms with Crippen LogP contribution in [0.15, 0.2) is 41.8 Å². The van der Waals surface area contributed by atoms with Crippen LogP contribution in [0.5, 0.6) is 0 Å². The Kier molecular flexibility index (Phi) is 4.19. The van der Waals surface area contributed by atoms with Gasteiger partial charge in [0.2, 0.25) is 0 Å². The van der Waals surface area contributed by atoms with Gasteiger partial charge in [-0.15, -0.1) is 22.7 Å². The van der Waals surface area contributed by atoms with Crippen LogP contribution >= 0.6 is 22.7 Å². The van der Waals surface area contributed by atoms with Gasteiger partial charge in [-0.05, 0) is 25.5 Å². The number of aryl methyl sites for hydroxylation is 2. The normalized spacial score (nSPS) is 12.5. The van der Waals surface area contributed by atoms with Crippen molar-refractivity contribution in [2.24, 2.45) is 5.73 Å². The van der Waals surface area contributed by atoms with Gasteiger partial charge in [-0.2, -0.15) is 0 Å². The molecular weight excluding hydrogens is 296 g/mol. The molecule has 2 aromatic heterocycles. The second-order valence-corrected chi connectivity index (χ2v) is 7.42. The Balaban J connectivity index is 1.75. The minimum Gasteiger partial charge on any atom is -0.323 e. The largest absolute Gasteiger partial charge is 0.323 e. The fourth-order valence-electron chi connectivity index (χ4n) is 2.22. The first-order valence-electron chi connectivity index (χ1n) is 6.96. The molecular formula is C17H18N2S2. The number of nitrogens with zero attached hydrogens (tertiary/aromatic N) is 1. The zero-order valence-corrected chi connectivity index (χ0v) is 13.8. The highest BCUT2D eigenvalue weighted by Gasteiger charge is 2.13. The van der Waals surface area contributed by atoms with Gasteiger partial charge in [-0.25, -0.2) is 4.98 Å². The summed E-state index contributed by atoms with van der Waals surface area (Å²) in [6.45, 7) is 4.28. The zero-order chi connectivity index (χ0) is 14.8. The number of thiazole rings is 1. The van der Waals surface area contributed by atoms with E-state index in [4.69, 9.17) is 10.7 Å². The van der Waals surface area contributed by atoms with Crippen LogP contribution in [-0.4, -0.2) is 4.98 Å². The summed E-state index contributed by atoms with van der Waals surface area (Å²) in [7, 11) is 0. The van der Waals surface area contributed by atoms with Gasteiger partial charge in [0.25, 0.3) is 0 Å². The number of hydrogen-bond acceptors (Lipinski definition) is 4. The summed E-state index contributed by atoms with van der Waals surface area (Å²) in [5.41, 5.74) is 9.87. The van der Waals surface area contributed by atoms with Crippen LogP contribution in [0.4, 0.5) is 0 Å². The first kappa shape index (κ1) is 14.4. The lowest BCUT2D eigenvalue weighted by atomic mass is 10.1. The Morgan fingerprint density at radius 2 is 1.95 bits per heavy atom. The zero-order valence-electron chi connectivity index (χ0n) is 12.2. The fraction of sp³-hybridized carbons (Fsp3) is 0.235. The third-order valence-corrected chi connectivity index (χ3v) is 5.72. The van der Waals surface area contributed by atoms with Gasteiger partial charge in [0, 0.05) is 33.2 Å². The van der Waals surface area contributed by atoms with Crippen molar-refractivity contribution in [3.8, 4) is 11.3 Å². The summed E-state index contributed by atoms with van der Waals surface area (Å²) in [5.74, 6) is 0. The number of aromatic nitrogens is 1. The number of nitrogens with two attached hydrogens (primary N) is 1. The third-order valence-electron chi connectivity index (χ3n) is 3.57. The summed E-state index contributed by atoms with van der Waals surface area (Å²) in [6, 6.07) is 12.5. The summed E-state index contributed by atoms with van der Waals surface area (Å²) in [5, 5.41) is 3.22. The molecule has 0 saturated heterocycles. The summed E-state index contributed by atoms with van der Waals surface area (Å²) >= 11 is 3.49. The van der Waals surface area contributed by atoms with Crippen molar-refractivity contribution in [2.75, 3.05) is 0 Å². The molecule has 0 aliphatic rings. The Labute approximate surface area is 133 Å². The molecule has 1 atom stereocenters. The monoisotopic (exact) mass is 314 g/mol. The Hall–Kier alpha value is -1.49. The van der Waals surface area contributed by atoms with Crippen LogP contribution in [-0.2, 0) is 6.42 Å². The maximum atomic E-state index is 6.33. The Morgan fingerprint density at radius 3 is 2.62 bits per heavy atom. The van der Waals surface area contributed by atoms with E-state index < -0.39 is 0 Å². The van der Waals surface area contributed by atoms with Crippen molar-refractivity contribution in [2.45, 2.75) is 26.3 Å². The number of benzene rings is 1. The van der Waals surface area contributed by atoms with E-state index in [9.17, 15) is 0 Å². The van der Waals surface area contributed by atoms with Gasteiger partial charge in [-0.3, -0.25) is 0 Å². The van der Waals surface area contributed by atoms with Crippen molar-refractivity contribution in [1.82, 2.24) is 4.98 Å². The molecule has 0 amide bonds. The standard InChI is InChI=1S/C17H18N2S2/c1-11-8-16(21-12(11)2)14(18)9-17-19-15(10-20-17)13-6-4-3-5-7-13/h3-8,10,14H,9,18H2,1-2H3. The first-order valence-corrected chi connectivity index (χ1v) is 8.65. The predicted molar refractivity (Wildman–Crippen MR) is 92.0 cm³/mol. The minimum atomic E-state index is 0.0390. The van der Waals surface area contributed by atoms with Crippen molar-refractivity contribution < 1.29 is 0 Å². The molecule has 4 heteroatoms. The molecule has 3 aromatic rings. The molecule has 3 rings (SSSR count). The molecule has 0 aliphatic heterocycles. The van der Waals surface area contributed by atoms with Gasteiger partial charge in [0.15, 0.2) is 0 Å². The highest BCUT2D eigenvalue weighted by atomic mass is 32.1. The third kappa shape index (κ3) is 3.23. The van der Waals surface area contributed by atoms with Gasteiger partial charge < -0.3 is 5.73 Å². The maximum Gasteiger partial charge on any atom is 0.0951 e. The van der Waals surface area contributed by atoms with Gasteiger partial charge in [0.05, 0.1) is 10.7 Å². The second kappa shape index (κ2) is 6.10. The van der Waals surface area contributed by atoms with E-state index >= 15 is 0 Å². The lowest BCUT2D eigenvalue weighted by molar-refractivity contribution is 0.732. The van der Waals surface area contributed by atoms with Crippen LogP contribution in [0.3, 0.4) is 0 Å². The van der Waals surface area contributed by atoms with Crippen LogP contribution in [0.2, 0.25) is 0 Å².